The van der Waals surface area contributed by atoms with Gasteiger partial charge in [-0.3, -0.25) is 0 Å². The second kappa shape index (κ2) is 7.30. The molecule has 0 atom stereocenters. The van der Waals surface area contributed by atoms with Gasteiger partial charge in [-0.15, -0.1) is 0 Å². The third-order valence-electron chi connectivity index (χ3n) is 2.26. The molecule has 0 aliphatic heterocycles. The molecule has 0 bridgehead atoms. The summed E-state index contributed by atoms with van der Waals surface area (Å²) < 4.78 is 5.60. The minimum absolute atomic E-state index is 0.831. The number of unbranched alkanes of at least 4 members (excludes halogenated alkanes) is 2. The number of hydrogen-bond acceptors (Lipinski definition) is 2. The van der Waals surface area contributed by atoms with E-state index in [1.54, 1.807) is 0 Å². The molecule has 15 heavy (non-hydrogen) atoms. The summed E-state index contributed by atoms with van der Waals surface area (Å²) in [5, 5.41) is 0. The Morgan fingerprint density at radius 3 is 2.40 bits per heavy atom. The highest BCUT2D eigenvalue weighted by molar-refractivity contribution is 5.20. The lowest BCUT2D eigenvalue weighted by molar-refractivity contribution is 0.299. The van der Waals surface area contributed by atoms with Gasteiger partial charge in [0, 0.05) is 0 Å². The van der Waals surface area contributed by atoms with Gasteiger partial charge in [-0.1, -0.05) is 18.2 Å². The zero-order chi connectivity index (χ0) is 10.9. The molecule has 0 amide bonds. The molecular weight excluding hydrogens is 186 g/mol. The molecule has 0 aliphatic rings. The van der Waals surface area contributed by atoms with E-state index in [-0.39, 0.29) is 0 Å². The van der Waals surface area contributed by atoms with Crippen molar-refractivity contribution in [2.24, 2.45) is 0 Å². The minimum Gasteiger partial charge on any atom is -0.494 e. The quantitative estimate of drug-likeness (QED) is 0.637. The first-order chi connectivity index (χ1) is 7.29. The molecule has 2 nitrogen and oxygen atoms in total. The number of nitrogens with zero attached hydrogens (tertiary/aromatic N) is 1. The predicted octanol–water partition coefficient (Wildman–Crippen LogP) is 2.80. The van der Waals surface area contributed by atoms with E-state index >= 15 is 0 Å². The maximum absolute atomic E-state index is 5.60. The normalized spacial score (nSPS) is 10.6. The van der Waals surface area contributed by atoms with Gasteiger partial charge in [0.1, 0.15) is 5.75 Å². The van der Waals surface area contributed by atoms with Crippen LogP contribution in [0.2, 0.25) is 0 Å². The first-order valence-corrected chi connectivity index (χ1v) is 5.61. The fourth-order valence-corrected chi connectivity index (χ4v) is 1.41. The molecule has 0 spiro atoms. The van der Waals surface area contributed by atoms with Crippen molar-refractivity contribution in [1.82, 2.24) is 4.90 Å². The van der Waals surface area contributed by atoms with E-state index in [4.69, 9.17) is 4.74 Å². The smallest absolute Gasteiger partial charge is 0.119 e. The summed E-state index contributed by atoms with van der Waals surface area (Å²) in [6, 6.07) is 10.0. The van der Waals surface area contributed by atoms with Crippen LogP contribution in [0, 0.1) is 0 Å². The minimum atomic E-state index is 0.831. The summed E-state index contributed by atoms with van der Waals surface area (Å²) in [6.45, 7) is 2.00. The highest BCUT2D eigenvalue weighted by atomic mass is 16.5. The van der Waals surface area contributed by atoms with Crippen LogP contribution in [0.5, 0.6) is 5.75 Å². The van der Waals surface area contributed by atoms with Crippen LogP contribution in [0.3, 0.4) is 0 Å². The molecule has 0 saturated heterocycles. The lowest BCUT2D eigenvalue weighted by Crippen LogP contribution is -2.12. The van der Waals surface area contributed by atoms with Gasteiger partial charge in [0.25, 0.3) is 0 Å². The van der Waals surface area contributed by atoms with Crippen molar-refractivity contribution in [1.29, 1.82) is 0 Å². The average molecular weight is 207 g/mol. The first kappa shape index (κ1) is 12.1. The largest absolute Gasteiger partial charge is 0.494 e. The third-order valence-corrected chi connectivity index (χ3v) is 2.26. The van der Waals surface area contributed by atoms with Crippen LogP contribution < -0.4 is 4.74 Å². The van der Waals surface area contributed by atoms with Crippen molar-refractivity contribution in [3.8, 4) is 5.75 Å². The molecule has 84 valence electrons. The molecule has 0 aromatic heterocycles. The summed E-state index contributed by atoms with van der Waals surface area (Å²) >= 11 is 0. The maximum Gasteiger partial charge on any atom is 0.119 e. The highest BCUT2D eigenvalue weighted by Gasteiger charge is 1.93. The summed E-state index contributed by atoms with van der Waals surface area (Å²) in [4.78, 5) is 2.22. The Balaban J connectivity index is 1.98. The molecule has 1 aromatic carbocycles. The van der Waals surface area contributed by atoms with E-state index in [1.165, 1.54) is 19.4 Å². The van der Waals surface area contributed by atoms with Crippen molar-refractivity contribution >= 4 is 0 Å². The Labute approximate surface area is 92.9 Å². The summed E-state index contributed by atoms with van der Waals surface area (Å²) in [5.41, 5.74) is 0. The van der Waals surface area contributed by atoms with E-state index in [9.17, 15) is 0 Å². The Morgan fingerprint density at radius 1 is 1.00 bits per heavy atom. The van der Waals surface area contributed by atoms with E-state index in [2.05, 4.69) is 19.0 Å². The van der Waals surface area contributed by atoms with E-state index in [0.29, 0.717) is 0 Å². The van der Waals surface area contributed by atoms with E-state index in [1.807, 2.05) is 30.3 Å². The number of ether oxygens (including phenoxy) is 1. The molecule has 1 aromatic rings. The average Bonchev–Trinajstić information content (AvgIpc) is 2.24. The molecule has 0 N–H and O–H groups in total. The van der Waals surface area contributed by atoms with Crippen LogP contribution in [-0.2, 0) is 0 Å². The fraction of sp³-hybridized carbons (Fsp3) is 0.538. The Morgan fingerprint density at radius 2 is 1.73 bits per heavy atom. The lowest BCUT2D eigenvalue weighted by atomic mass is 10.2. The van der Waals surface area contributed by atoms with Gasteiger partial charge in [0.2, 0.25) is 0 Å². The number of rotatable bonds is 7. The molecule has 0 saturated carbocycles. The Bertz CT molecular complexity index is 246. The standard InChI is InChI=1S/C13H21NO/c1-14(2)11-7-4-8-12-15-13-9-5-3-6-10-13/h3,5-6,9-10H,4,7-8,11-12H2,1-2H3. The van der Waals surface area contributed by atoms with Crippen molar-refractivity contribution in [3.63, 3.8) is 0 Å². The molecule has 0 radical (unpaired) electrons. The molecule has 0 heterocycles. The van der Waals surface area contributed by atoms with Gasteiger partial charge >= 0.3 is 0 Å². The molecule has 0 fully saturated rings. The Hall–Kier alpha value is -1.02. The maximum atomic E-state index is 5.60. The predicted molar refractivity (Wildman–Crippen MR) is 64.3 cm³/mol. The van der Waals surface area contributed by atoms with Crippen LogP contribution in [0.25, 0.3) is 0 Å². The van der Waals surface area contributed by atoms with E-state index < -0.39 is 0 Å². The van der Waals surface area contributed by atoms with Crippen molar-refractivity contribution in [2.45, 2.75) is 19.3 Å². The van der Waals surface area contributed by atoms with Gasteiger partial charge < -0.3 is 9.64 Å². The number of benzene rings is 1. The molecule has 1 rings (SSSR count). The Kier molecular flexibility index (Phi) is 5.86. The van der Waals surface area contributed by atoms with Crippen LogP contribution >= 0.6 is 0 Å². The molecule has 0 unspecified atom stereocenters. The van der Waals surface area contributed by atoms with Crippen LogP contribution in [0.4, 0.5) is 0 Å². The number of para-hydroxylation sites is 1. The summed E-state index contributed by atoms with van der Waals surface area (Å²) in [5.74, 6) is 0.977. The zero-order valence-electron chi connectivity index (χ0n) is 9.78. The zero-order valence-corrected chi connectivity index (χ0v) is 9.78. The third kappa shape index (κ3) is 6.13. The van der Waals surface area contributed by atoms with E-state index in [0.717, 1.165) is 18.8 Å². The van der Waals surface area contributed by atoms with Crippen LogP contribution in [-0.4, -0.2) is 32.1 Å². The second-order valence-corrected chi connectivity index (χ2v) is 4.03. The van der Waals surface area contributed by atoms with Crippen molar-refractivity contribution in [3.05, 3.63) is 30.3 Å². The topological polar surface area (TPSA) is 12.5 Å². The SMILES string of the molecule is CN(C)CCCCCOc1ccccc1. The highest BCUT2D eigenvalue weighted by Crippen LogP contribution is 2.09. The summed E-state index contributed by atoms with van der Waals surface area (Å²) in [6.07, 6.45) is 3.64. The molecular formula is C13H21NO. The number of hydrogen-bond donors (Lipinski definition) is 0. The van der Waals surface area contributed by atoms with Crippen molar-refractivity contribution < 1.29 is 4.74 Å². The molecule has 2 heteroatoms. The lowest BCUT2D eigenvalue weighted by Gasteiger charge is -2.09. The van der Waals surface area contributed by atoms with Crippen LogP contribution in [0.1, 0.15) is 19.3 Å². The van der Waals surface area contributed by atoms with Gasteiger partial charge in [-0.25, -0.2) is 0 Å². The van der Waals surface area contributed by atoms with Gasteiger partial charge in [0.15, 0.2) is 0 Å². The second-order valence-electron chi connectivity index (χ2n) is 4.03. The van der Waals surface area contributed by atoms with Gasteiger partial charge in [-0.2, -0.15) is 0 Å². The summed E-state index contributed by atoms with van der Waals surface area (Å²) in [7, 11) is 4.22. The van der Waals surface area contributed by atoms with Crippen LogP contribution in [0.15, 0.2) is 30.3 Å². The van der Waals surface area contributed by atoms with Crippen molar-refractivity contribution in [2.75, 3.05) is 27.2 Å². The monoisotopic (exact) mass is 207 g/mol. The fourth-order valence-electron chi connectivity index (χ4n) is 1.41. The molecule has 0 aliphatic carbocycles. The van der Waals surface area contributed by atoms with Gasteiger partial charge in [0.05, 0.1) is 6.61 Å². The van der Waals surface area contributed by atoms with Gasteiger partial charge in [-0.05, 0) is 52.0 Å². The first-order valence-electron chi connectivity index (χ1n) is 5.61.